The summed E-state index contributed by atoms with van der Waals surface area (Å²) in [7, 11) is -5.59. The number of aryl methyl sites for hydroxylation is 1. The molecular weight excluding hydrogens is 427 g/mol. The molecule has 0 heterocycles. The monoisotopic (exact) mass is 445 g/mol. The number of hydrogen-bond donors (Lipinski definition) is 3. The molecule has 4 N–H and O–H groups in total. The Bertz CT molecular complexity index is 1080. The average Bonchev–Trinajstić information content (AvgIpc) is 2.63. The van der Waals surface area contributed by atoms with Crippen LogP contribution in [0.5, 0.6) is 5.75 Å². The first-order valence-electron chi connectivity index (χ1n) is 8.43. The lowest BCUT2D eigenvalue weighted by atomic mass is 10.1. The zero-order chi connectivity index (χ0) is 22.7. The third kappa shape index (κ3) is 5.20. The number of benzene rings is 2. The highest BCUT2D eigenvalue weighted by Crippen LogP contribution is 2.28. The van der Waals surface area contributed by atoms with Crippen molar-refractivity contribution in [2.24, 2.45) is 5.73 Å². The van der Waals surface area contributed by atoms with Crippen molar-refractivity contribution in [2.45, 2.75) is 19.4 Å². The summed E-state index contributed by atoms with van der Waals surface area (Å²) in [6.45, 7) is 3.44. The lowest BCUT2D eigenvalue weighted by molar-refractivity contribution is -0.0429. The van der Waals surface area contributed by atoms with Gasteiger partial charge < -0.3 is 15.8 Å². The Balaban J connectivity index is 2.27. The van der Waals surface area contributed by atoms with Crippen molar-refractivity contribution >= 4 is 33.2 Å². The van der Waals surface area contributed by atoms with Gasteiger partial charge in [-0.25, -0.2) is 0 Å². The molecule has 0 saturated carbocycles. The molecule has 2 amide bonds. The van der Waals surface area contributed by atoms with Gasteiger partial charge in [0.15, 0.2) is 0 Å². The Kier molecular flexibility index (Phi) is 6.60. The third-order valence-corrected chi connectivity index (χ3v) is 4.95. The molecule has 8 nitrogen and oxygen atoms in total. The molecule has 2 aromatic carbocycles. The number of nitrogens with two attached hydrogens (primary N) is 1. The fourth-order valence-corrected chi connectivity index (χ4v) is 3.04. The van der Waals surface area contributed by atoms with E-state index in [1.807, 2.05) is 0 Å². The van der Waals surface area contributed by atoms with Crippen molar-refractivity contribution in [3.8, 4) is 5.75 Å². The van der Waals surface area contributed by atoms with Crippen LogP contribution in [-0.4, -0.2) is 32.3 Å². The second-order valence-electron chi connectivity index (χ2n) is 6.04. The van der Waals surface area contributed by atoms with Crippen LogP contribution in [0.1, 0.15) is 33.2 Å². The largest absolute Gasteiger partial charge is 0.516 e. The zero-order valence-electron chi connectivity index (χ0n) is 15.8. The first-order valence-corrected chi connectivity index (χ1v) is 9.91. The standard InChI is InChI=1S/C18H18F3N3O5S/c1-3-29-12-5-7-15(13(9-12)16(22)25)23-17(26)11-4-6-14(10(2)8-11)24-30(27,28)18(19,20)21/h4-9,24H,3H2,1-2H3,(H2,22,25)(H,23,26). The van der Waals surface area contributed by atoms with Gasteiger partial charge in [0, 0.05) is 5.56 Å². The summed E-state index contributed by atoms with van der Waals surface area (Å²) in [5, 5.41) is 2.48. The lowest BCUT2D eigenvalue weighted by Gasteiger charge is -2.14. The van der Waals surface area contributed by atoms with Gasteiger partial charge in [-0.05, 0) is 55.8 Å². The molecule has 0 fully saturated rings. The van der Waals surface area contributed by atoms with Crippen LogP contribution in [-0.2, 0) is 10.0 Å². The summed E-state index contributed by atoms with van der Waals surface area (Å²) in [6, 6.07) is 7.66. The molecule has 0 radical (unpaired) electrons. The summed E-state index contributed by atoms with van der Waals surface area (Å²) >= 11 is 0. The molecule has 12 heteroatoms. The number of ether oxygens (including phenoxy) is 1. The molecule has 0 spiro atoms. The van der Waals surface area contributed by atoms with Crippen molar-refractivity contribution in [3.05, 3.63) is 53.1 Å². The minimum Gasteiger partial charge on any atom is -0.494 e. The number of carbonyl (C=O) groups is 2. The van der Waals surface area contributed by atoms with Crippen LogP contribution >= 0.6 is 0 Å². The number of amides is 2. The van der Waals surface area contributed by atoms with E-state index in [2.05, 4.69) is 5.32 Å². The molecule has 0 aromatic heterocycles. The molecule has 0 unspecified atom stereocenters. The summed E-state index contributed by atoms with van der Waals surface area (Å²) in [5.41, 5.74) is -0.271. The van der Waals surface area contributed by atoms with E-state index in [-0.39, 0.29) is 28.1 Å². The van der Waals surface area contributed by atoms with Gasteiger partial charge in [0.05, 0.1) is 23.5 Å². The van der Waals surface area contributed by atoms with Crippen LogP contribution in [0.25, 0.3) is 0 Å². The molecule has 2 aromatic rings. The van der Waals surface area contributed by atoms with E-state index in [0.717, 1.165) is 12.1 Å². The summed E-state index contributed by atoms with van der Waals surface area (Å²) in [5.74, 6) is -1.11. The van der Waals surface area contributed by atoms with Crippen LogP contribution in [0.2, 0.25) is 0 Å². The van der Waals surface area contributed by atoms with Crippen molar-refractivity contribution in [1.29, 1.82) is 0 Å². The van der Waals surface area contributed by atoms with E-state index >= 15 is 0 Å². The number of anilines is 2. The molecule has 2 rings (SSSR count). The zero-order valence-corrected chi connectivity index (χ0v) is 16.6. The van der Waals surface area contributed by atoms with E-state index < -0.39 is 27.3 Å². The Hall–Kier alpha value is -3.28. The quantitative estimate of drug-likeness (QED) is 0.604. The summed E-state index contributed by atoms with van der Waals surface area (Å²) < 4.78 is 66.7. The molecule has 30 heavy (non-hydrogen) atoms. The number of hydrogen-bond acceptors (Lipinski definition) is 5. The number of sulfonamides is 1. The van der Waals surface area contributed by atoms with E-state index in [1.165, 1.54) is 35.9 Å². The maximum atomic E-state index is 12.5. The minimum absolute atomic E-state index is 0.000536. The number of rotatable bonds is 7. The van der Waals surface area contributed by atoms with E-state index in [9.17, 15) is 31.2 Å². The van der Waals surface area contributed by atoms with Gasteiger partial charge in [0.1, 0.15) is 5.75 Å². The van der Waals surface area contributed by atoms with Gasteiger partial charge in [-0.3, -0.25) is 14.3 Å². The predicted molar refractivity (Wildman–Crippen MR) is 104 cm³/mol. The molecule has 0 aliphatic carbocycles. The predicted octanol–water partition coefficient (Wildman–Crippen LogP) is 3.01. The van der Waals surface area contributed by atoms with E-state index in [1.54, 1.807) is 6.92 Å². The maximum absolute atomic E-state index is 12.5. The van der Waals surface area contributed by atoms with Crippen LogP contribution < -0.4 is 20.5 Å². The first-order chi connectivity index (χ1) is 13.9. The van der Waals surface area contributed by atoms with Gasteiger partial charge in [0.25, 0.3) is 11.8 Å². The van der Waals surface area contributed by atoms with Gasteiger partial charge in [-0.1, -0.05) is 0 Å². The third-order valence-electron chi connectivity index (χ3n) is 3.85. The molecule has 0 aliphatic heterocycles. The number of carbonyl (C=O) groups excluding carboxylic acids is 2. The Morgan fingerprint density at radius 2 is 1.73 bits per heavy atom. The fraction of sp³-hybridized carbons (Fsp3) is 0.222. The van der Waals surface area contributed by atoms with E-state index in [4.69, 9.17) is 10.5 Å². The van der Waals surface area contributed by atoms with Crippen molar-refractivity contribution in [3.63, 3.8) is 0 Å². The van der Waals surface area contributed by atoms with Crippen molar-refractivity contribution in [2.75, 3.05) is 16.6 Å². The summed E-state index contributed by atoms with van der Waals surface area (Å²) in [6.07, 6.45) is 0. The average molecular weight is 445 g/mol. The number of primary amides is 1. The number of alkyl halides is 3. The maximum Gasteiger partial charge on any atom is 0.516 e. The van der Waals surface area contributed by atoms with Crippen LogP contribution in [0, 0.1) is 6.92 Å². The van der Waals surface area contributed by atoms with Crippen LogP contribution in [0.4, 0.5) is 24.5 Å². The first kappa shape index (κ1) is 23.0. The highest BCUT2D eigenvalue weighted by molar-refractivity contribution is 7.93. The van der Waals surface area contributed by atoms with Crippen molar-refractivity contribution in [1.82, 2.24) is 0 Å². The Morgan fingerprint density at radius 3 is 2.27 bits per heavy atom. The molecule has 0 saturated heterocycles. The van der Waals surface area contributed by atoms with Crippen LogP contribution in [0.15, 0.2) is 36.4 Å². The highest BCUT2D eigenvalue weighted by Gasteiger charge is 2.46. The number of nitrogens with one attached hydrogen (secondary N) is 2. The smallest absolute Gasteiger partial charge is 0.494 e. The molecule has 162 valence electrons. The van der Waals surface area contributed by atoms with Gasteiger partial charge in [-0.2, -0.15) is 21.6 Å². The molecule has 0 bridgehead atoms. The Morgan fingerprint density at radius 1 is 1.10 bits per heavy atom. The minimum atomic E-state index is -5.59. The topological polar surface area (TPSA) is 128 Å². The molecule has 0 atom stereocenters. The highest BCUT2D eigenvalue weighted by atomic mass is 32.2. The van der Waals surface area contributed by atoms with Crippen molar-refractivity contribution < 1.29 is 35.9 Å². The number of halogens is 3. The van der Waals surface area contributed by atoms with E-state index in [0.29, 0.717) is 12.4 Å². The van der Waals surface area contributed by atoms with Gasteiger partial charge in [-0.15, -0.1) is 0 Å². The SMILES string of the molecule is CCOc1ccc(NC(=O)c2ccc(NS(=O)(=O)C(F)(F)F)c(C)c2)c(C(N)=O)c1. The normalized spacial score (nSPS) is 11.6. The van der Waals surface area contributed by atoms with Gasteiger partial charge >= 0.3 is 15.5 Å². The second kappa shape index (κ2) is 8.61. The summed E-state index contributed by atoms with van der Waals surface area (Å²) in [4.78, 5) is 24.2. The molecule has 0 aliphatic rings. The van der Waals surface area contributed by atoms with Crippen LogP contribution in [0.3, 0.4) is 0 Å². The Labute approximate surface area is 170 Å². The molecular formula is C18H18F3N3O5S. The lowest BCUT2D eigenvalue weighted by Crippen LogP contribution is -2.30. The fourth-order valence-electron chi connectivity index (χ4n) is 2.41. The second-order valence-corrected chi connectivity index (χ2v) is 7.71. The van der Waals surface area contributed by atoms with Gasteiger partial charge in [0.2, 0.25) is 0 Å².